The number of rotatable bonds is 2. The van der Waals surface area contributed by atoms with Crippen LogP contribution in [0.2, 0.25) is 0 Å². The van der Waals surface area contributed by atoms with Gasteiger partial charge in [-0.2, -0.15) is 0 Å². The maximum atomic E-state index is 9.15. The van der Waals surface area contributed by atoms with E-state index in [1.165, 1.54) is 5.56 Å². The number of carbonyl (C=O) groups is 1. The molecular formula is C12H19NO3. The molecule has 0 bridgehead atoms. The molecule has 1 aromatic rings. The molecule has 0 aromatic heterocycles. The molecule has 4 nitrogen and oxygen atoms in total. The summed E-state index contributed by atoms with van der Waals surface area (Å²) in [7, 11) is 1.10. The first kappa shape index (κ1) is 14.5. The van der Waals surface area contributed by atoms with Gasteiger partial charge in [0.2, 0.25) is 0 Å². The number of carboxylic acid groups (broad SMARTS) is 1. The monoisotopic (exact) mass is 225 g/mol. The van der Waals surface area contributed by atoms with E-state index in [0.29, 0.717) is 0 Å². The van der Waals surface area contributed by atoms with E-state index in [4.69, 9.17) is 15.6 Å². The van der Waals surface area contributed by atoms with Gasteiger partial charge in [-0.3, -0.25) is 0 Å². The molecule has 90 valence electrons. The average molecular weight is 225 g/mol. The van der Waals surface area contributed by atoms with Gasteiger partial charge in [0, 0.05) is 5.54 Å². The minimum Gasteiger partial charge on any atom is -0.450 e. The summed E-state index contributed by atoms with van der Waals surface area (Å²) >= 11 is 0. The maximum Gasteiger partial charge on any atom is 0.505 e. The molecule has 0 saturated heterocycles. The fourth-order valence-corrected chi connectivity index (χ4v) is 1.12. The first-order valence-electron chi connectivity index (χ1n) is 4.95. The van der Waals surface area contributed by atoms with Gasteiger partial charge in [0.25, 0.3) is 0 Å². The van der Waals surface area contributed by atoms with E-state index in [1.807, 2.05) is 32.0 Å². The van der Waals surface area contributed by atoms with E-state index in [9.17, 15) is 0 Å². The van der Waals surface area contributed by atoms with Crippen LogP contribution in [0.4, 0.5) is 4.79 Å². The van der Waals surface area contributed by atoms with Gasteiger partial charge in [-0.15, -0.1) is 0 Å². The maximum absolute atomic E-state index is 9.15. The Morgan fingerprint density at radius 2 is 1.81 bits per heavy atom. The molecule has 0 atom stereocenters. The van der Waals surface area contributed by atoms with Crippen molar-refractivity contribution in [1.29, 1.82) is 0 Å². The molecule has 0 spiro atoms. The van der Waals surface area contributed by atoms with Crippen LogP contribution in [-0.2, 0) is 11.2 Å². The van der Waals surface area contributed by atoms with E-state index >= 15 is 0 Å². The SMILES string of the molecule is CC(C)(N)Cc1ccccc1.COC(=O)O. The number of hydrogen-bond donors (Lipinski definition) is 2. The van der Waals surface area contributed by atoms with Crippen molar-refractivity contribution in [2.24, 2.45) is 5.73 Å². The van der Waals surface area contributed by atoms with Crippen LogP contribution < -0.4 is 5.73 Å². The average Bonchev–Trinajstić information content (AvgIpc) is 2.17. The Labute approximate surface area is 96.0 Å². The van der Waals surface area contributed by atoms with Gasteiger partial charge in [-0.1, -0.05) is 30.3 Å². The minimum absolute atomic E-state index is 0.0959. The van der Waals surface area contributed by atoms with Crippen molar-refractivity contribution in [3.8, 4) is 0 Å². The standard InChI is InChI=1S/C10H15N.C2H4O3/c1-10(2,11)8-9-6-4-3-5-7-9;1-5-2(3)4/h3-7H,8,11H2,1-2H3;1H3,(H,3,4). The van der Waals surface area contributed by atoms with Crippen molar-refractivity contribution >= 4 is 6.16 Å². The van der Waals surface area contributed by atoms with Crippen LogP contribution in [0.15, 0.2) is 30.3 Å². The van der Waals surface area contributed by atoms with Gasteiger partial charge in [-0.25, -0.2) is 4.79 Å². The van der Waals surface area contributed by atoms with Crippen LogP contribution in [0, 0.1) is 0 Å². The molecule has 0 aliphatic heterocycles. The molecule has 0 aliphatic rings. The number of methoxy groups -OCH3 is 1. The largest absolute Gasteiger partial charge is 0.505 e. The Kier molecular flexibility index (Phi) is 6.18. The first-order valence-corrected chi connectivity index (χ1v) is 4.95. The van der Waals surface area contributed by atoms with Crippen LogP contribution in [-0.4, -0.2) is 23.9 Å². The van der Waals surface area contributed by atoms with Crippen LogP contribution in [0.25, 0.3) is 0 Å². The molecule has 0 radical (unpaired) electrons. The second-order valence-electron chi connectivity index (χ2n) is 4.12. The van der Waals surface area contributed by atoms with Crippen molar-refractivity contribution in [3.63, 3.8) is 0 Å². The number of benzene rings is 1. The topological polar surface area (TPSA) is 72.5 Å². The third-order valence-corrected chi connectivity index (χ3v) is 1.68. The minimum atomic E-state index is -1.25. The Morgan fingerprint density at radius 3 is 2.12 bits per heavy atom. The van der Waals surface area contributed by atoms with Crippen LogP contribution in [0.5, 0.6) is 0 Å². The van der Waals surface area contributed by atoms with E-state index in [1.54, 1.807) is 0 Å². The molecule has 0 fully saturated rings. The number of ether oxygens (including phenoxy) is 1. The summed E-state index contributed by atoms with van der Waals surface area (Å²) in [6.07, 6.45) is -0.307. The van der Waals surface area contributed by atoms with Gasteiger partial charge in [0.1, 0.15) is 0 Å². The van der Waals surface area contributed by atoms with E-state index in [-0.39, 0.29) is 5.54 Å². The van der Waals surface area contributed by atoms with Crippen LogP contribution >= 0.6 is 0 Å². The van der Waals surface area contributed by atoms with Crippen molar-refractivity contribution in [3.05, 3.63) is 35.9 Å². The lowest BCUT2D eigenvalue weighted by molar-refractivity contribution is 0.114. The van der Waals surface area contributed by atoms with Gasteiger partial charge in [-0.05, 0) is 25.8 Å². The van der Waals surface area contributed by atoms with Crippen LogP contribution in [0.3, 0.4) is 0 Å². The second kappa shape index (κ2) is 6.85. The number of hydrogen-bond acceptors (Lipinski definition) is 3. The molecule has 0 amide bonds. The van der Waals surface area contributed by atoms with E-state index < -0.39 is 6.16 Å². The Balaban J connectivity index is 0.000000385. The Bertz CT molecular complexity index is 304. The quantitative estimate of drug-likeness (QED) is 0.757. The van der Waals surface area contributed by atoms with Crippen molar-refractivity contribution in [2.75, 3.05) is 7.11 Å². The molecular weight excluding hydrogens is 206 g/mol. The zero-order valence-corrected chi connectivity index (χ0v) is 9.93. The Hall–Kier alpha value is -1.55. The second-order valence-corrected chi connectivity index (χ2v) is 4.12. The molecule has 0 aliphatic carbocycles. The van der Waals surface area contributed by atoms with Crippen molar-refractivity contribution in [1.82, 2.24) is 0 Å². The summed E-state index contributed by atoms with van der Waals surface area (Å²) in [5.41, 5.74) is 7.08. The van der Waals surface area contributed by atoms with Gasteiger partial charge >= 0.3 is 6.16 Å². The molecule has 0 heterocycles. The summed E-state index contributed by atoms with van der Waals surface area (Å²) < 4.78 is 3.67. The molecule has 3 N–H and O–H groups in total. The van der Waals surface area contributed by atoms with E-state index in [0.717, 1.165) is 13.5 Å². The van der Waals surface area contributed by atoms with E-state index in [2.05, 4.69) is 16.9 Å². The first-order chi connectivity index (χ1) is 7.35. The highest BCUT2D eigenvalue weighted by atomic mass is 16.6. The van der Waals surface area contributed by atoms with Crippen molar-refractivity contribution < 1.29 is 14.6 Å². The van der Waals surface area contributed by atoms with Gasteiger partial charge in [0.05, 0.1) is 7.11 Å². The third-order valence-electron chi connectivity index (χ3n) is 1.68. The summed E-state index contributed by atoms with van der Waals surface area (Å²) in [5, 5.41) is 7.50. The Morgan fingerprint density at radius 1 is 1.38 bits per heavy atom. The lowest BCUT2D eigenvalue weighted by atomic mass is 9.96. The lowest BCUT2D eigenvalue weighted by Gasteiger charge is -2.17. The predicted octanol–water partition coefficient (Wildman–Crippen LogP) is 2.28. The third kappa shape index (κ3) is 9.02. The molecule has 0 unspecified atom stereocenters. The summed E-state index contributed by atoms with van der Waals surface area (Å²) in [5.74, 6) is 0. The zero-order valence-electron chi connectivity index (χ0n) is 9.93. The smallest absolute Gasteiger partial charge is 0.450 e. The number of nitrogens with two attached hydrogens (primary N) is 1. The summed E-state index contributed by atoms with van der Waals surface area (Å²) in [4.78, 5) is 9.15. The highest BCUT2D eigenvalue weighted by Gasteiger charge is 2.10. The van der Waals surface area contributed by atoms with Gasteiger partial charge in [0.15, 0.2) is 0 Å². The fraction of sp³-hybridized carbons (Fsp3) is 0.417. The predicted molar refractivity (Wildman–Crippen MR) is 63.4 cm³/mol. The zero-order chi connectivity index (χ0) is 12.6. The van der Waals surface area contributed by atoms with Crippen molar-refractivity contribution in [2.45, 2.75) is 25.8 Å². The molecule has 0 saturated carbocycles. The summed E-state index contributed by atoms with van der Waals surface area (Å²) in [6, 6.07) is 10.3. The molecule has 16 heavy (non-hydrogen) atoms. The highest BCUT2D eigenvalue weighted by Crippen LogP contribution is 2.08. The molecule has 1 rings (SSSR count). The molecule has 4 heteroatoms. The van der Waals surface area contributed by atoms with Crippen LogP contribution in [0.1, 0.15) is 19.4 Å². The lowest BCUT2D eigenvalue weighted by Crippen LogP contribution is -2.34. The fourth-order valence-electron chi connectivity index (χ4n) is 1.12. The van der Waals surface area contributed by atoms with Gasteiger partial charge < -0.3 is 15.6 Å². The highest BCUT2D eigenvalue weighted by molar-refractivity contribution is 5.56. The normalized spacial score (nSPS) is 10.0. The summed E-state index contributed by atoms with van der Waals surface area (Å²) in [6.45, 7) is 4.08. The molecule has 1 aromatic carbocycles.